The van der Waals surface area contributed by atoms with Crippen molar-refractivity contribution < 1.29 is 32.9 Å². The average molecular weight is 1030 g/mol. The number of phosphoric ester groups is 1. The van der Waals surface area contributed by atoms with Crippen LogP contribution in [-0.4, -0.2) is 68.5 Å². The van der Waals surface area contributed by atoms with Gasteiger partial charge in [0.1, 0.15) is 13.2 Å². The monoisotopic (exact) mass is 1030 g/mol. The van der Waals surface area contributed by atoms with Crippen molar-refractivity contribution in [2.24, 2.45) is 0 Å². The zero-order valence-corrected chi connectivity index (χ0v) is 48.5. The van der Waals surface area contributed by atoms with Crippen LogP contribution in [0.5, 0.6) is 0 Å². The number of likely N-dealkylation sites (N-methyl/N-ethyl adjacent to an activating group) is 1. The molecular formula is C63H115N2O6P. The molecule has 0 aliphatic rings. The minimum absolute atomic E-state index is 0.00322. The van der Waals surface area contributed by atoms with Crippen molar-refractivity contribution in [3.05, 3.63) is 85.1 Å². The van der Waals surface area contributed by atoms with Gasteiger partial charge < -0.3 is 28.8 Å². The second-order valence-corrected chi connectivity index (χ2v) is 22.7. The van der Waals surface area contributed by atoms with Crippen molar-refractivity contribution in [1.29, 1.82) is 0 Å². The molecule has 0 saturated carbocycles. The summed E-state index contributed by atoms with van der Waals surface area (Å²) in [6.07, 6.45) is 75.2. The van der Waals surface area contributed by atoms with Gasteiger partial charge in [-0.3, -0.25) is 9.36 Å². The van der Waals surface area contributed by atoms with Crippen molar-refractivity contribution in [2.75, 3.05) is 40.9 Å². The molecule has 0 bridgehead atoms. The first-order valence-electron chi connectivity index (χ1n) is 29.9. The summed E-state index contributed by atoms with van der Waals surface area (Å²) in [5, 5.41) is 13.9. The fourth-order valence-corrected chi connectivity index (χ4v) is 9.17. The lowest BCUT2D eigenvalue weighted by Crippen LogP contribution is -2.45. The molecule has 0 saturated heterocycles. The SMILES string of the molecule is CC/C=C\C/C=C\C/C=C\C/C=C\C/C=C\C/C=C\CCCCCCCCCCCCCCCCC(=O)NC(COP(=O)([O-])OCC[N+](C)(C)C)C(O)/C=C/CCCCCCCCCCCCCCCCC. The fourth-order valence-electron chi connectivity index (χ4n) is 8.45. The first kappa shape index (κ1) is 69.7. The number of amides is 1. The van der Waals surface area contributed by atoms with E-state index in [2.05, 4.69) is 92.1 Å². The van der Waals surface area contributed by atoms with Crippen LogP contribution in [0.1, 0.15) is 258 Å². The third-order valence-corrected chi connectivity index (χ3v) is 14.1. The third-order valence-electron chi connectivity index (χ3n) is 13.1. The highest BCUT2D eigenvalue weighted by Gasteiger charge is 2.23. The third kappa shape index (κ3) is 55.4. The van der Waals surface area contributed by atoms with Crippen LogP contribution in [0, 0.1) is 0 Å². The quantitative estimate of drug-likeness (QED) is 0.0272. The van der Waals surface area contributed by atoms with Gasteiger partial charge in [0.2, 0.25) is 5.91 Å². The number of rotatable bonds is 54. The minimum atomic E-state index is -4.60. The molecule has 418 valence electrons. The van der Waals surface area contributed by atoms with Crippen LogP contribution in [0.3, 0.4) is 0 Å². The van der Waals surface area contributed by atoms with Crippen LogP contribution in [0.4, 0.5) is 0 Å². The highest BCUT2D eigenvalue weighted by Crippen LogP contribution is 2.38. The number of carbonyl (C=O) groups excluding carboxylic acids is 1. The largest absolute Gasteiger partial charge is 0.756 e. The Hall–Kier alpha value is -2.32. The number of nitrogens with one attached hydrogen (secondary N) is 1. The molecule has 8 nitrogen and oxygen atoms in total. The van der Waals surface area contributed by atoms with Gasteiger partial charge in [-0.2, -0.15) is 0 Å². The first-order chi connectivity index (χ1) is 35.0. The lowest BCUT2D eigenvalue weighted by Gasteiger charge is -2.29. The standard InChI is InChI=1S/C63H115N2O6P/c1-6-8-10-12-14-16-18-20-22-24-25-26-27-28-29-30-31-32-33-34-35-36-37-38-39-41-43-45-47-49-51-53-55-57-63(67)64-61(60-71-72(68,69)70-59-58-65(3,4)5)62(66)56-54-52-50-48-46-44-42-40-23-21-19-17-15-13-11-9-7-2/h8,10,14,16,20,22,25-26,28-29,31-32,54,56,61-62,66H,6-7,9,11-13,15,17-19,21,23-24,27,30,33-53,55,57-60H2,1-5H3,(H-,64,67,68,69)/b10-8-,16-14-,22-20-,26-25-,29-28-,32-31-,56-54+. The highest BCUT2D eigenvalue weighted by atomic mass is 31.2. The topological polar surface area (TPSA) is 108 Å². The Morgan fingerprint density at radius 1 is 0.500 bits per heavy atom. The van der Waals surface area contributed by atoms with Gasteiger partial charge in [0.25, 0.3) is 7.82 Å². The molecule has 0 spiro atoms. The molecule has 72 heavy (non-hydrogen) atoms. The summed E-state index contributed by atoms with van der Waals surface area (Å²) < 4.78 is 23.4. The van der Waals surface area contributed by atoms with E-state index in [9.17, 15) is 19.4 Å². The van der Waals surface area contributed by atoms with Gasteiger partial charge in [-0.1, -0.05) is 266 Å². The molecule has 0 aliphatic carbocycles. The van der Waals surface area contributed by atoms with E-state index in [0.717, 1.165) is 77.0 Å². The van der Waals surface area contributed by atoms with E-state index in [4.69, 9.17) is 9.05 Å². The number of carbonyl (C=O) groups is 1. The molecule has 0 rings (SSSR count). The van der Waals surface area contributed by atoms with Crippen LogP contribution < -0.4 is 10.2 Å². The van der Waals surface area contributed by atoms with Crippen LogP contribution in [0.15, 0.2) is 85.1 Å². The Balaban J connectivity index is 4.12. The molecule has 0 aliphatic heterocycles. The number of aliphatic hydroxyl groups is 1. The van der Waals surface area contributed by atoms with Crippen molar-refractivity contribution >= 4 is 13.7 Å². The molecule has 0 aromatic rings. The summed E-state index contributed by atoms with van der Waals surface area (Å²) in [5.41, 5.74) is 0. The van der Waals surface area contributed by atoms with Crippen LogP contribution in [-0.2, 0) is 18.4 Å². The van der Waals surface area contributed by atoms with Gasteiger partial charge in [0.15, 0.2) is 0 Å². The van der Waals surface area contributed by atoms with Crippen molar-refractivity contribution in [3.8, 4) is 0 Å². The van der Waals surface area contributed by atoms with Gasteiger partial charge in [0, 0.05) is 6.42 Å². The molecule has 1 amide bonds. The summed E-state index contributed by atoms with van der Waals surface area (Å²) in [6, 6.07) is -0.891. The molecule has 0 aromatic heterocycles. The van der Waals surface area contributed by atoms with Gasteiger partial charge in [-0.15, -0.1) is 0 Å². The number of hydrogen-bond acceptors (Lipinski definition) is 6. The van der Waals surface area contributed by atoms with E-state index >= 15 is 0 Å². The van der Waals surface area contributed by atoms with Crippen LogP contribution >= 0.6 is 7.82 Å². The molecule has 0 heterocycles. The normalized spacial score (nSPS) is 14.5. The number of allylic oxidation sites excluding steroid dienone is 13. The Morgan fingerprint density at radius 2 is 0.847 bits per heavy atom. The summed E-state index contributed by atoms with van der Waals surface area (Å²) in [6.45, 7) is 4.55. The Bertz CT molecular complexity index is 1450. The van der Waals surface area contributed by atoms with Gasteiger partial charge >= 0.3 is 0 Å². The number of nitrogens with zero attached hydrogens (tertiary/aromatic N) is 1. The van der Waals surface area contributed by atoms with E-state index in [0.29, 0.717) is 17.4 Å². The second kappa shape index (κ2) is 53.5. The summed E-state index contributed by atoms with van der Waals surface area (Å²) >= 11 is 0. The van der Waals surface area contributed by atoms with E-state index in [1.165, 1.54) is 161 Å². The maximum atomic E-state index is 13.0. The summed E-state index contributed by atoms with van der Waals surface area (Å²) in [7, 11) is 1.26. The molecule has 3 atom stereocenters. The number of hydrogen-bond donors (Lipinski definition) is 2. The number of quaternary nitrogens is 1. The number of unbranched alkanes of at least 4 members (excludes halogenated alkanes) is 29. The lowest BCUT2D eigenvalue weighted by molar-refractivity contribution is -0.870. The zero-order chi connectivity index (χ0) is 52.7. The molecule has 3 unspecified atom stereocenters. The summed E-state index contributed by atoms with van der Waals surface area (Å²) in [4.78, 5) is 25.5. The van der Waals surface area contributed by atoms with Gasteiger partial charge in [-0.05, 0) is 70.6 Å². The highest BCUT2D eigenvalue weighted by molar-refractivity contribution is 7.45. The predicted molar refractivity (Wildman–Crippen MR) is 311 cm³/mol. The van der Waals surface area contributed by atoms with Crippen molar-refractivity contribution in [3.63, 3.8) is 0 Å². The van der Waals surface area contributed by atoms with Crippen molar-refractivity contribution in [2.45, 2.75) is 270 Å². The molecule has 2 N–H and O–H groups in total. The van der Waals surface area contributed by atoms with E-state index in [1.807, 2.05) is 27.2 Å². The molecule has 0 aromatic carbocycles. The van der Waals surface area contributed by atoms with E-state index in [1.54, 1.807) is 6.08 Å². The van der Waals surface area contributed by atoms with Crippen LogP contribution in [0.25, 0.3) is 0 Å². The van der Waals surface area contributed by atoms with E-state index < -0.39 is 20.0 Å². The second-order valence-electron chi connectivity index (χ2n) is 21.3. The Morgan fingerprint density at radius 3 is 1.24 bits per heavy atom. The minimum Gasteiger partial charge on any atom is -0.756 e. The van der Waals surface area contributed by atoms with Gasteiger partial charge in [0.05, 0.1) is 39.9 Å². The Kier molecular flexibility index (Phi) is 51.8. The number of phosphoric acid groups is 1. The lowest BCUT2D eigenvalue weighted by atomic mass is 10.0. The molecule has 0 radical (unpaired) electrons. The maximum absolute atomic E-state index is 13.0. The Labute approximate surface area is 446 Å². The first-order valence-corrected chi connectivity index (χ1v) is 31.4. The van der Waals surface area contributed by atoms with E-state index in [-0.39, 0.29) is 19.1 Å². The van der Waals surface area contributed by atoms with Gasteiger partial charge in [-0.25, -0.2) is 0 Å². The van der Waals surface area contributed by atoms with Crippen LogP contribution in [0.2, 0.25) is 0 Å². The zero-order valence-electron chi connectivity index (χ0n) is 47.6. The fraction of sp³-hybridized carbons (Fsp3) is 0.762. The number of aliphatic hydroxyl groups excluding tert-OH is 1. The average Bonchev–Trinajstić information content (AvgIpc) is 3.34. The predicted octanol–water partition coefficient (Wildman–Crippen LogP) is 17.8. The molecule has 0 fully saturated rings. The smallest absolute Gasteiger partial charge is 0.268 e. The molecule has 9 heteroatoms. The molecular weight excluding hydrogens is 912 g/mol. The maximum Gasteiger partial charge on any atom is 0.268 e. The van der Waals surface area contributed by atoms with Crippen molar-refractivity contribution in [1.82, 2.24) is 5.32 Å². The summed E-state index contributed by atoms with van der Waals surface area (Å²) in [5.74, 6) is -0.199.